The molecule has 2 aromatic rings. The van der Waals surface area contributed by atoms with Crippen LogP contribution < -0.4 is 0 Å². The smallest absolute Gasteiger partial charge is 0.160 e. The lowest BCUT2D eigenvalue weighted by molar-refractivity contribution is 0.398. The van der Waals surface area contributed by atoms with Gasteiger partial charge in [0, 0.05) is 12.2 Å². The molecule has 0 radical (unpaired) electrons. The SMILES string of the molecule is CCC(C)CC(C)n1c(CCl)nc2cc(Cl)cnc21. The molecule has 0 aliphatic rings. The first kappa shape index (κ1) is 14.6. The van der Waals surface area contributed by atoms with E-state index in [-0.39, 0.29) is 0 Å². The van der Waals surface area contributed by atoms with Crippen LogP contribution in [0.15, 0.2) is 12.3 Å². The van der Waals surface area contributed by atoms with Gasteiger partial charge in [-0.05, 0) is 25.3 Å². The van der Waals surface area contributed by atoms with Gasteiger partial charge in [-0.15, -0.1) is 11.6 Å². The molecule has 0 fully saturated rings. The zero-order chi connectivity index (χ0) is 14.0. The maximum absolute atomic E-state index is 6.01. The molecule has 2 rings (SSSR count). The van der Waals surface area contributed by atoms with Crippen molar-refractivity contribution in [1.82, 2.24) is 14.5 Å². The Hall–Kier alpha value is -0.800. The average Bonchev–Trinajstić information content (AvgIpc) is 2.75. The molecule has 3 nitrogen and oxygen atoms in total. The normalized spacial score (nSPS) is 14.8. The number of alkyl halides is 1. The van der Waals surface area contributed by atoms with Crippen molar-refractivity contribution in [3.8, 4) is 0 Å². The lowest BCUT2D eigenvalue weighted by atomic mass is 10.0. The van der Waals surface area contributed by atoms with Crippen molar-refractivity contribution in [3.63, 3.8) is 0 Å². The number of pyridine rings is 1. The zero-order valence-electron chi connectivity index (χ0n) is 11.5. The van der Waals surface area contributed by atoms with Crippen LogP contribution in [0.5, 0.6) is 0 Å². The van der Waals surface area contributed by atoms with Crippen LogP contribution in [0.2, 0.25) is 5.02 Å². The van der Waals surface area contributed by atoms with Crippen LogP contribution in [0.25, 0.3) is 11.2 Å². The molecule has 0 saturated heterocycles. The molecule has 0 N–H and O–H groups in total. The topological polar surface area (TPSA) is 30.7 Å². The van der Waals surface area contributed by atoms with Crippen LogP contribution in [0.1, 0.15) is 45.5 Å². The van der Waals surface area contributed by atoms with E-state index in [4.69, 9.17) is 23.2 Å². The molecule has 5 heteroatoms. The highest BCUT2D eigenvalue weighted by Gasteiger charge is 2.18. The molecule has 0 bridgehead atoms. The number of hydrogen-bond donors (Lipinski definition) is 0. The molecule has 0 aromatic carbocycles. The van der Waals surface area contributed by atoms with Crippen molar-refractivity contribution in [2.24, 2.45) is 5.92 Å². The van der Waals surface area contributed by atoms with E-state index in [1.54, 1.807) is 6.20 Å². The summed E-state index contributed by atoms with van der Waals surface area (Å²) in [5.74, 6) is 1.92. The van der Waals surface area contributed by atoms with Crippen molar-refractivity contribution in [2.75, 3.05) is 0 Å². The van der Waals surface area contributed by atoms with E-state index >= 15 is 0 Å². The number of nitrogens with zero attached hydrogens (tertiary/aromatic N) is 3. The van der Waals surface area contributed by atoms with Gasteiger partial charge < -0.3 is 4.57 Å². The highest BCUT2D eigenvalue weighted by atomic mass is 35.5. The number of halogens is 2. The maximum Gasteiger partial charge on any atom is 0.160 e. The first-order valence-electron chi connectivity index (χ1n) is 6.65. The summed E-state index contributed by atoms with van der Waals surface area (Å²) in [6.07, 6.45) is 3.93. The van der Waals surface area contributed by atoms with Gasteiger partial charge in [-0.1, -0.05) is 31.9 Å². The van der Waals surface area contributed by atoms with E-state index in [2.05, 4.69) is 35.3 Å². The van der Waals surface area contributed by atoms with Gasteiger partial charge >= 0.3 is 0 Å². The van der Waals surface area contributed by atoms with Crippen LogP contribution in [-0.2, 0) is 5.88 Å². The Kier molecular flexibility index (Phi) is 4.69. The molecular weight excluding hydrogens is 281 g/mol. The number of aromatic nitrogens is 3. The molecule has 0 spiro atoms. The quantitative estimate of drug-likeness (QED) is 0.741. The van der Waals surface area contributed by atoms with Crippen LogP contribution in [0.4, 0.5) is 0 Å². The van der Waals surface area contributed by atoms with Gasteiger partial charge in [0.2, 0.25) is 0 Å². The van der Waals surface area contributed by atoms with Gasteiger partial charge in [0.15, 0.2) is 5.65 Å². The average molecular weight is 300 g/mol. The van der Waals surface area contributed by atoms with Gasteiger partial charge in [0.05, 0.1) is 10.9 Å². The van der Waals surface area contributed by atoms with E-state index < -0.39 is 0 Å². The fraction of sp³-hybridized carbons (Fsp3) is 0.571. The molecule has 2 unspecified atom stereocenters. The van der Waals surface area contributed by atoms with Crippen molar-refractivity contribution >= 4 is 34.4 Å². The third-order valence-corrected chi connectivity index (χ3v) is 4.02. The summed E-state index contributed by atoms with van der Waals surface area (Å²) < 4.78 is 2.14. The Morgan fingerprint density at radius 1 is 1.37 bits per heavy atom. The summed E-state index contributed by atoms with van der Waals surface area (Å²) >= 11 is 12.0. The van der Waals surface area contributed by atoms with Gasteiger partial charge in [0.1, 0.15) is 11.3 Å². The molecule has 2 aromatic heterocycles. The molecule has 0 aliphatic carbocycles. The zero-order valence-corrected chi connectivity index (χ0v) is 13.0. The molecule has 104 valence electrons. The number of rotatable bonds is 5. The molecule has 0 aliphatic heterocycles. The Balaban J connectivity index is 2.45. The summed E-state index contributed by atoms with van der Waals surface area (Å²) in [6.45, 7) is 6.67. The monoisotopic (exact) mass is 299 g/mol. The Morgan fingerprint density at radius 3 is 2.74 bits per heavy atom. The standard InChI is InChI=1S/C14H19Cl2N3/c1-4-9(2)5-10(3)19-13(7-15)18-12-6-11(16)8-17-14(12)19/h6,8-10H,4-5,7H2,1-3H3. The summed E-state index contributed by atoms with van der Waals surface area (Å²) in [4.78, 5) is 8.94. The third kappa shape index (κ3) is 3.03. The summed E-state index contributed by atoms with van der Waals surface area (Å²) in [7, 11) is 0. The highest BCUT2D eigenvalue weighted by Crippen LogP contribution is 2.27. The number of fused-ring (bicyclic) bond motifs is 1. The molecular formula is C14H19Cl2N3. The van der Waals surface area contributed by atoms with Gasteiger partial charge in [-0.3, -0.25) is 0 Å². The molecule has 19 heavy (non-hydrogen) atoms. The summed E-state index contributed by atoms with van der Waals surface area (Å²) in [5, 5.41) is 0.604. The predicted molar refractivity (Wildman–Crippen MR) is 80.9 cm³/mol. The molecule has 2 atom stereocenters. The van der Waals surface area contributed by atoms with E-state index in [0.717, 1.165) is 23.4 Å². The van der Waals surface area contributed by atoms with Crippen LogP contribution in [0, 0.1) is 5.92 Å². The van der Waals surface area contributed by atoms with Crippen molar-refractivity contribution in [2.45, 2.75) is 45.5 Å². The fourth-order valence-electron chi connectivity index (χ4n) is 2.42. The highest BCUT2D eigenvalue weighted by molar-refractivity contribution is 6.31. The summed E-state index contributed by atoms with van der Waals surface area (Å²) in [6, 6.07) is 2.18. The minimum atomic E-state index is 0.336. The van der Waals surface area contributed by atoms with E-state index in [1.165, 1.54) is 6.42 Å². The third-order valence-electron chi connectivity index (χ3n) is 3.57. The van der Waals surface area contributed by atoms with Crippen molar-refractivity contribution in [1.29, 1.82) is 0 Å². The van der Waals surface area contributed by atoms with Crippen LogP contribution in [0.3, 0.4) is 0 Å². The predicted octanol–water partition coefficient (Wildman–Crippen LogP) is 4.82. The second kappa shape index (κ2) is 6.10. The van der Waals surface area contributed by atoms with Gasteiger partial charge in [-0.2, -0.15) is 0 Å². The first-order chi connectivity index (χ1) is 9.06. The van der Waals surface area contributed by atoms with E-state index in [1.807, 2.05) is 6.07 Å². The minimum Gasteiger partial charge on any atom is -0.309 e. The lowest BCUT2D eigenvalue weighted by Gasteiger charge is -2.19. The number of imidazole rings is 1. The largest absolute Gasteiger partial charge is 0.309 e. The second-order valence-corrected chi connectivity index (χ2v) is 5.83. The van der Waals surface area contributed by atoms with E-state index in [0.29, 0.717) is 22.9 Å². The van der Waals surface area contributed by atoms with Crippen molar-refractivity contribution in [3.05, 3.63) is 23.1 Å². The Labute approximate surface area is 123 Å². The first-order valence-corrected chi connectivity index (χ1v) is 7.56. The molecule has 0 saturated carbocycles. The molecule has 0 amide bonds. The second-order valence-electron chi connectivity index (χ2n) is 5.13. The van der Waals surface area contributed by atoms with Gasteiger partial charge in [0.25, 0.3) is 0 Å². The van der Waals surface area contributed by atoms with E-state index in [9.17, 15) is 0 Å². The van der Waals surface area contributed by atoms with Gasteiger partial charge in [-0.25, -0.2) is 9.97 Å². The molecule has 2 heterocycles. The van der Waals surface area contributed by atoms with Crippen LogP contribution >= 0.6 is 23.2 Å². The number of hydrogen-bond acceptors (Lipinski definition) is 2. The fourth-order valence-corrected chi connectivity index (χ4v) is 2.76. The van der Waals surface area contributed by atoms with Crippen LogP contribution in [-0.4, -0.2) is 14.5 Å². The Bertz CT molecular complexity index is 565. The Morgan fingerprint density at radius 2 is 2.11 bits per heavy atom. The maximum atomic E-state index is 6.01. The van der Waals surface area contributed by atoms with Crippen molar-refractivity contribution < 1.29 is 0 Å². The summed E-state index contributed by atoms with van der Waals surface area (Å²) in [5.41, 5.74) is 1.69. The minimum absolute atomic E-state index is 0.336. The lowest BCUT2D eigenvalue weighted by Crippen LogP contribution is -2.12.